The predicted molar refractivity (Wildman–Crippen MR) is 103 cm³/mol. The van der Waals surface area contributed by atoms with E-state index in [1.165, 1.54) is 12.1 Å². The van der Waals surface area contributed by atoms with Crippen molar-refractivity contribution in [1.29, 1.82) is 0 Å². The molecule has 28 heavy (non-hydrogen) atoms. The highest BCUT2D eigenvalue weighted by atomic mass is 79.9. The van der Waals surface area contributed by atoms with Crippen LogP contribution in [0, 0.1) is 0 Å². The van der Waals surface area contributed by atoms with Gasteiger partial charge in [0, 0.05) is 22.6 Å². The van der Waals surface area contributed by atoms with Gasteiger partial charge < -0.3 is 15.4 Å². The van der Waals surface area contributed by atoms with Crippen molar-refractivity contribution in [2.75, 3.05) is 10.6 Å². The minimum absolute atomic E-state index is 0.129. The summed E-state index contributed by atoms with van der Waals surface area (Å²) in [6, 6.07) is 13.7. The minimum atomic E-state index is -4.87. The fraction of sp³-hybridized carbons (Fsp3) is 0.0526. The molecule has 9 heteroatoms. The Bertz CT molecular complexity index is 964. The van der Waals surface area contributed by atoms with E-state index in [0.29, 0.717) is 10.2 Å². The average Bonchev–Trinajstić information content (AvgIpc) is 2.64. The van der Waals surface area contributed by atoms with Crippen molar-refractivity contribution in [3.63, 3.8) is 0 Å². The Morgan fingerprint density at radius 1 is 1.00 bits per heavy atom. The molecule has 2 aromatic carbocycles. The Balaban J connectivity index is 1.70. The van der Waals surface area contributed by atoms with E-state index >= 15 is 0 Å². The van der Waals surface area contributed by atoms with E-state index in [1.54, 1.807) is 36.7 Å². The van der Waals surface area contributed by atoms with E-state index in [1.807, 2.05) is 12.1 Å². The maximum atomic E-state index is 12.5. The van der Waals surface area contributed by atoms with E-state index in [-0.39, 0.29) is 5.69 Å². The molecule has 0 bridgehead atoms. The summed E-state index contributed by atoms with van der Waals surface area (Å²) in [6.45, 7) is 0. The normalized spacial score (nSPS) is 11.0. The van der Waals surface area contributed by atoms with Crippen molar-refractivity contribution in [2.24, 2.45) is 0 Å². The second-order valence-electron chi connectivity index (χ2n) is 5.59. The number of aromatic nitrogens is 1. The van der Waals surface area contributed by atoms with Crippen LogP contribution in [0.4, 0.5) is 29.3 Å². The number of carbonyl (C=O) groups is 1. The number of carbonyl (C=O) groups excluding carboxylic acids is 1. The molecule has 0 aliphatic heterocycles. The first-order valence-electron chi connectivity index (χ1n) is 7.94. The molecule has 0 saturated carbocycles. The van der Waals surface area contributed by atoms with E-state index in [0.717, 1.165) is 17.2 Å². The van der Waals surface area contributed by atoms with Crippen LogP contribution < -0.4 is 15.4 Å². The summed E-state index contributed by atoms with van der Waals surface area (Å²) in [4.78, 5) is 16.2. The molecule has 0 saturated heterocycles. The number of urea groups is 1. The van der Waals surface area contributed by atoms with Crippen LogP contribution in [0.5, 0.6) is 5.75 Å². The van der Waals surface area contributed by atoms with E-state index in [4.69, 9.17) is 0 Å². The number of rotatable bonds is 4. The summed E-state index contributed by atoms with van der Waals surface area (Å²) in [5, 5.41) is 4.91. The number of nitrogens with zero attached hydrogens (tertiary/aromatic N) is 1. The number of halogens is 4. The van der Waals surface area contributed by atoms with Crippen molar-refractivity contribution in [3.05, 3.63) is 71.5 Å². The van der Waals surface area contributed by atoms with Gasteiger partial charge >= 0.3 is 12.4 Å². The van der Waals surface area contributed by atoms with Crippen molar-refractivity contribution in [1.82, 2.24) is 4.98 Å². The fourth-order valence-corrected chi connectivity index (χ4v) is 2.74. The number of nitrogens with one attached hydrogen (secondary N) is 2. The monoisotopic (exact) mass is 451 g/mol. The van der Waals surface area contributed by atoms with Gasteiger partial charge in [-0.25, -0.2) is 4.79 Å². The highest BCUT2D eigenvalue weighted by Gasteiger charge is 2.32. The first-order valence-corrected chi connectivity index (χ1v) is 8.73. The van der Waals surface area contributed by atoms with Gasteiger partial charge in [-0.3, -0.25) is 4.98 Å². The lowest BCUT2D eigenvalue weighted by atomic mass is 10.1. The molecule has 0 aliphatic carbocycles. The summed E-state index contributed by atoms with van der Waals surface area (Å²) in [7, 11) is 0. The van der Waals surface area contributed by atoms with Crippen LogP contribution in [-0.2, 0) is 0 Å². The maximum absolute atomic E-state index is 12.5. The molecule has 5 nitrogen and oxygen atoms in total. The van der Waals surface area contributed by atoms with Gasteiger partial charge in [0.1, 0.15) is 0 Å². The third kappa shape index (κ3) is 5.46. The fourth-order valence-electron chi connectivity index (χ4n) is 2.38. The number of anilines is 2. The molecule has 1 heterocycles. The molecular formula is C19H13BrF3N3O2. The van der Waals surface area contributed by atoms with Crippen LogP contribution in [0.2, 0.25) is 0 Å². The summed E-state index contributed by atoms with van der Waals surface area (Å²) in [6.07, 6.45) is -1.49. The SMILES string of the molecule is O=C(Nc1ccc(-c2cccnc2)cc1)Nc1cc(Br)ccc1OC(F)(F)F. The van der Waals surface area contributed by atoms with Gasteiger partial charge in [0.2, 0.25) is 0 Å². The number of alkyl halides is 3. The summed E-state index contributed by atoms with van der Waals surface area (Å²) >= 11 is 3.15. The van der Waals surface area contributed by atoms with Crippen molar-refractivity contribution in [3.8, 4) is 16.9 Å². The van der Waals surface area contributed by atoms with Crippen molar-refractivity contribution < 1.29 is 22.7 Å². The summed E-state index contributed by atoms with van der Waals surface area (Å²) in [5.41, 5.74) is 2.17. The lowest BCUT2D eigenvalue weighted by Gasteiger charge is -2.15. The van der Waals surface area contributed by atoms with Gasteiger partial charge in [-0.2, -0.15) is 0 Å². The van der Waals surface area contributed by atoms with E-state index in [9.17, 15) is 18.0 Å². The largest absolute Gasteiger partial charge is 0.573 e. The standard InChI is InChI=1S/C19H13BrF3N3O2/c20-14-5-8-17(28-19(21,22)23)16(10-14)26-18(27)25-15-6-3-12(4-7-15)13-2-1-9-24-11-13/h1-11H,(H2,25,26,27). The molecule has 2 amide bonds. The molecule has 0 fully saturated rings. The zero-order chi connectivity index (χ0) is 20.1. The molecule has 0 unspecified atom stereocenters. The molecule has 2 N–H and O–H groups in total. The number of amides is 2. The average molecular weight is 452 g/mol. The summed E-state index contributed by atoms with van der Waals surface area (Å²) < 4.78 is 42.0. The Kier molecular flexibility index (Phi) is 5.84. The minimum Gasteiger partial charge on any atom is -0.404 e. The van der Waals surface area contributed by atoms with Gasteiger partial charge in [0.15, 0.2) is 5.75 Å². The highest BCUT2D eigenvalue weighted by Crippen LogP contribution is 2.32. The lowest BCUT2D eigenvalue weighted by Crippen LogP contribution is -2.22. The molecular weight excluding hydrogens is 439 g/mol. The maximum Gasteiger partial charge on any atom is 0.573 e. The number of ether oxygens (including phenoxy) is 1. The zero-order valence-corrected chi connectivity index (χ0v) is 15.7. The molecule has 144 valence electrons. The van der Waals surface area contributed by atoms with Gasteiger partial charge in [0.25, 0.3) is 0 Å². The first-order chi connectivity index (χ1) is 13.3. The Hall–Kier alpha value is -3.07. The molecule has 3 aromatic rings. The molecule has 0 atom stereocenters. The highest BCUT2D eigenvalue weighted by molar-refractivity contribution is 9.10. The van der Waals surface area contributed by atoms with Crippen LogP contribution >= 0.6 is 15.9 Å². The molecule has 1 aromatic heterocycles. The van der Waals surface area contributed by atoms with Crippen LogP contribution in [0.25, 0.3) is 11.1 Å². The van der Waals surface area contributed by atoms with Crippen LogP contribution in [0.1, 0.15) is 0 Å². The van der Waals surface area contributed by atoms with E-state index in [2.05, 4.69) is 36.3 Å². The van der Waals surface area contributed by atoms with Gasteiger partial charge in [-0.05, 0) is 47.5 Å². The molecule has 3 rings (SSSR count). The number of pyridine rings is 1. The number of hydrogen-bond acceptors (Lipinski definition) is 3. The quantitative estimate of drug-likeness (QED) is 0.507. The Labute approximate surface area is 166 Å². The second kappa shape index (κ2) is 8.30. The smallest absolute Gasteiger partial charge is 0.404 e. The molecule has 0 radical (unpaired) electrons. The first kappa shape index (κ1) is 19.7. The van der Waals surface area contributed by atoms with Crippen LogP contribution in [-0.4, -0.2) is 17.4 Å². The van der Waals surface area contributed by atoms with E-state index < -0.39 is 18.1 Å². The third-order valence-electron chi connectivity index (χ3n) is 3.55. The Morgan fingerprint density at radius 2 is 1.75 bits per heavy atom. The number of benzene rings is 2. The third-order valence-corrected chi connectivity index (χ3v) is 4.05. The van der Waals surface area contributed by atoms with Crippen molar-refractivity contribution >= 4 is 33.3 Å². The molecule has 0 aliphatic rings. The predicted octanol–water partition coefficient (Wildman–Crippen LogP) is 6.05. The Morgan fingerprint density at radius 3 is 2.39 bits per heavy atom. The second-order valence-corrected chi connectivity index (χ2v) is 6.50. The van der Waals surface area contributed by atoms with Crippen LogP contribution in [0.3, 0.4) is 0 Å². The van der Waals surface area contributed by atoms with Crippen molar-refractivity contribution in [2.45, 2.75) is 6.36 Å². The summed E-state index contributed by atoms with van der Waals surface area (Å²) in [5.74, 6) is -0.516. The van der Waals surface area contributed by atoms with Gasteiger partial charge in [-0.1, -0.05) is 34.1 Å². The topological polar surface area (TPSA) is 63.2 Å². The lowest BCUT2D eigenvalue weighted by molar-refractivity contribution is -0.274. The number of hydrogen-bond donors (Lipinski definition) is 2. The van der Waals surface area contributed by atoms with Crippen LogP contribution in [0.15, 0.2) is 71.5 Å². The zero-order valence-electron chi connectivity index (χ0n) is 14.1. The van der Waals surface area contributed by atoms with Gasteiger partial charge in [0.05, 0.1) is 5.69 Å². The molecule has 0 spiro atoms. The van der Waals surface area contributed by atoms with Gasteiger partial charge in [-0.15, -0.1) is 13.2 Å².